The highest BCUT2D eigenvalue weighted by atomic mass is 16.2. The summed E-state index contributed by atoms with van der Waals surface area (Å²) in [5.41, 5.74) is 2.35. The largest absolute Gasteiger partial charge is 0.355 e. The molecule has 0 unspecified atom stereocenters. The number of carbonyl (C=O) groups excluding carboxylic acids is 2. The van der Waals surface area contributed by atoms with Gasteiger partial charge in [-0.2, -0.15) is 0 Å². The highest BCUT2D eigenvalue weighted by Gasteiger charge is 2.14. The van der Waals surface area contributed by atoms with Crippen LogP contribution in [0.25, 0.3) is 10.8 Å². The van der Waals surface area contributed by atoms with Crippen LogP contribution in [0.4, 0.5) is 5.69 Å². The topological polar surface area (TPSA) is 74.8 Å². The number of nitrogens with two attached hydrogens (primary N) is 1. The van der Waals surface area contributed by atoms with Crippen LogP contribution in [0.15, 0.2) is 66.7 Å². The van der Waals surface area contributed by atoms with E-state index in [2.05, 4.69) is 41.8 Å². The minimum Gasteiger partial charge on any atom is -0.355 e. The predicted octanol–water partition coefficient (Wildman–Crippen LogP) is 2.46. The Balaban J connectivity index is 1.63. The Bertz CT molecular complexity index is 963. The van der Waals surface area contributed by atoms with Gasteiger partial charge in [-0.1, -0.05) is 48.5 Å². The van der Waals surface area contributed by atoms with Gasteiger partial charge in [-0.25, -0.2) is 0 Å². The Morgan fingerprint density at radius 2 is 1.74 bits per heavy atom. The average molecular weight is 362 g/mol. The minimum absolute atomic E-state index is 0.101. The molecule has 0 spiro atoms. The summed E-state index contributed by atoms with van der Waals surface area (Å²) in [5.74, 6) is -0.279. The zero-order chi connectivity index (χ0) is 19.2. The lowest BCUT2D eigenvalue weighted by molar-refractivity contribution is -0.682. The zero-order valence-electron chi connectivity index (χ0n) is 15.5. The summed E-state index contributed by atoms with van der Waals surface area (Å²) in [4.78, 5) is 24.0. The molecule has 0 aliphatic carbocycles. The molecule has 0 saturated heterocycles. The normalized spacial score (nSPS) is 11.8. The van der Waals surface area contributed by atoms with Crippen LogP contribution >= 0.6 is 0 Å². The lowest BCUT2D eigenvalue weighted by Crippen LogP contribution is -2.86. The molecule has 3 rings (SSSR count). The van der Waals surface area contributed by atoms with Gasteiger partial charge >= 0.3 is 0 Å². The van der Waals surface area contributed by atoms with Crippen LogP contribution in [0.5, 0.6) is 0 Å². The molecule has 0 radical (unpaired) electrons. The fourth-order valence-corrected chi connectivity index (χ4v) is 3.15. The molecule has 0 aliphatic heterocycles. The van der Waals surface area contributed by atoms with Gasteiger partial charge in [0.1, 0.15) is 6.04 Å². The van der Waals surface area contributed by atoms with E-state index in [0.29, 0.717) is 17.8 Å². The predicted molar refractivity (Wildman–Crippen MR) is 108 cm³/mol. The van der Waals surface area contributed by atoms with Crippen molar-refractivity contribution in [3.63, 3.8) is 0 Å². The van der Waals surface area contributed by atoms with Crippen molar-refractivity contribution >= 4 is 28.3 Å². The van der Waals surface area contributed by atoms with Gasteiger partial charge in [0.15, 0.2) is 6.54 Å². The first-order chi connectivity index (χ1) is 13.1. The summed E-state index contributed by atoms with van der Waals surface area (Å²) in [6.07, 6.45) is 0. The first-order valence-electron chi connectivity index (χ1n) is 9.01. The van der Waals surface area contributed by atoms with Gasteiger partial charge in [-0.05, 0) is 35.9 Å². The van der Waals surface area contributed by atoms with Crippen LogP contribution < -0.4 is 16.0 Å². The molecule has 3 aromatic carbocycles. The lowest BCUT2D eigenvalue weighted by atomic mass is 10.00. The molecule has 0 saturated carbocycles. The number of fused-ring (bicyclic) bond motifs is 1. The lowest BCUT2D eigenvalue weighted by Gasteiger charge is -2.14. The molecular formula is C22H24N3O2+. The monoisotopic (exact) mass is 362 g/mol. The molecule has 138 valence electrons. The van der Waals surface area contributed by atoms with E-state index in [9.17, 15) is 9.59 Å². The van der Waals surface area contributed by atoms with Gasteiger partial charge in [-0.15, -0.1) is 0 Å². The standard InChI is InChI=1S/C22H23N3O2/c1-15(19-12-6-8-16-7-3-4-11-20(16)19)24-14-21(26)25-18-10-5-9-17(13-18)22(27)23-2/h3-13,15,24H,14H2,1-2H3,(H,23,27)(H,25,26)/p+1/t15-/m0/s1. The SMILES string of the molecule is CNC(=O)c1cccc(NC(=O)C[NH2+][C@@H](C)c2cccc3ccccc23)c1. The summed E-state index contributed by atoms with van der Waals surface area (Å²) in [6.45, 7) is 2.40. The second kappa shape index (κ2) is 8.47. The Hall–Kier alpha value is -3.18. The van der Waals surface area contributed by atoms with E-state index < -0.39 is 0 Å². The van der Waals surface area contributed by atoms with Crippen molar-refractivity contribution < 1.29 is 14.9 Å². The van der Waals surface area contributed by atoms with Crippen molar-refractivity contribution in [2.75, 3.05) is 18.9 Å². The molecule has 3 aromatic rings. The molecular weight excluding hydrogens is 338 g/mol. The average Bonchev–Trinajstić information content (AvgIpc) is 2.71. The summed E-state index contributed by atoms with van der Waals surface area (Å²) in [7, 11) is 1.58. The summed E-state index contributed by atoms with van der Waals surface area (Å²) in [6, 6.07) is 21.6. The van der Waals surface area contributed by atoms with Crippen LogP contribution in [0.3, 0.4) is 0 Å². The van der Waals surface area contributed by atoms with Crippen molar-refractivity contribution in [2.24, 2.45) is 0 Å². The van der Waals surface area contributed by atoms with Crippen molar-refractivity contribution in [3.05, 3.63) is 77.9 Å². The second-order valence-electron chi connectivity index (χ2n) is 6.50. The fourth-order valence-electron chi connectivity index (χ4n) is 3.15. The van der Waals surface area contributed by atoms with Crippen molar-refractivity contribution in [1.82, 2.24) is 5.32 Å². The highest BCUT2D eigenvalue weighted by molar-refractivity contribution is 5.97. The molecule has 2 amide bonds. The Morgan fingerprint density at radius 3 is 2.56 bits per heavy atom. The maximum absolute atomic E-state index is 12.3. The molecule has 0 bridgehead atoms. The van der Waals surface area contributed by atoms with E-state index in [0.717, 1.165) is 0 Å². The summed E-state index contributed by atoms with van der Waals surface area (Å²) >= 11 is 0. The quantitative estimate of drug-likeness (QED) is 0.630. The number of quaternary nitrogens is 1. The second-order valence-corrected chi connectivity index (χ2v) is 6.50. The number of anilines is 1. The van der Waals surface area contributed by atoms with E-state index in [1.54, 1.807) is 31.3 Å². The van der Waals surface area contributed by atoms with Gasteiger partial charge in [0, 0.05) is 23.9 Å². The maximum atomic E-state index is 12.3. The third-order valence-corrected chi connectivity index (χ3v) is 4.61. The van der Waals surface area contributed by atoms with Crippen molar-refractivity contribution in [2.45, 2.75) is 13.0 Å². The van der Waals surface area contributed by atoms with Gasteiger partial charge in [0.25, 0.3) is 11.8 Å². The number of benzene rings is 3. The van der Waals surface area contributed by atoms with Gasteiger partial charge in [-0.3, -0.25) is 9.59 Å². The Kier molecular flexibility index (Phi) is 5.84. The maximum Gasteiger partial charge on any atom is 0.279 e. The van der Waals surface area contributed by atoms with Crippen LogP contribution in [0, 0.1) is 0 Å². The first-order valence-corrected chi connectivity index (χ1v) is 9.01. The molecule has 5 heteroatoms. The third kappa shape index (κ3) is 4.51. The molecule has 0 fully saturated rings. The smallest absolute Gasteiger partial charge is 0.279 e. The minimum atomic E-state index is -0.178. The van der Waals surface area contributed by atoms with Crippen LogP contribution in [0.1, 0.15) is 28.9 Å². The fraction of sp³-hybridized carbons (Fsp3) is 0.182. The van der Waals surface area contributed by atoms with Crippen LogP contribution in [0.2, 0.25) is 0 Å². The van der Waals surface area contributed by atoms with E-state index >= 15 is 0 Å². The summed E-state index contributed by atoms with van der Waals surface area (Å²) < 4.78 is 0. The number of nitrogens with one attached hydrogen (secondary N) is 2. The van der Waals surface area contributed by atoms with E-state index in [4.69, 9.17) is 0 Å². The third-order valence-electron chi connectivity index (χ3n) is 4.61. The molecule has 1 atom stereocenters. The Labute approximate surface area is 158 Å². The van der Waals surface area contributed by atoms with Crippen LogP contribution in [-0.2, 0) is 4.79 Å². The van der Waals surface area contributed by atoms with E-state index in [1.165, 1.54) is 16.3 Å². The molecule has 0 aromatic heterocycles. The number of rotatable bonds is 6. The number of amides is 2. The number of hydrogen-bond donors (Lipinski definition) is 3. The van der Waals surface area contributed by atoms with Gasteiger partial charge in [0.05, 0.1) is 0 Å². The molecule has 0 heterocycles. The first kappa shape index (κ1) is 18.6. The molecule has 5 nitrogen and oxygen atoms in total. The highest BCUT2D eigenvalue weighted by Crippen LogP contribution is 2.22. The van der Waals surface area contributed by atoms with E-state index in [1.807, 2.05) is 23.5 Å². The van der Waals surface area contributed by atoms with Gasteiger partial charge < -0.3 is 16.0 Å². The zero-order valence-corrected chi connectivity index (χ0v) is 15.5. The van der Waals surface area contributed by atoms with E-state index in [-0.39, 0.29) is 17.9 Å². The molecule has 4 N–H and O–H groups in total. The number of carbonyl (C=O) groups is 2. The number of hydrogen-bond acceptors (Lipinski definition) is 2. The van der Waals surface area contributed by atoms with Crippen molar-refractivity contribution in [3.8, 4) is 0 Å². The Morgan fingerprint density at radius 1 is 1.00 bits per heavy atom. The van der Waals surface area contributed by atoms with Gasteiger partial charge in [0.2, 0.25) is 0 Å². The van der Waals surface area contributed by atoms with Crippen LogP contribution in [-0.4, -0.2) is 25.4 Å². The summed E-state index contributed by atoms with van der Waals surface area (Å²) in [5, 5.41) is 9.86. The van der Waals surface area contributed by atoms with Crippen molar-refractivity contribution in [1.29, 1.82) is 0 Å². The molecule has 27 heavy (non-hydrogen) atoms. The molecule has 0 aliphatic rings.